The molecule has 0 saturated carbocycles. The number of fused-ring (bicyclic) bond motifs is 1. The van der Waals surface area contributed by atoms with Crippen LogP contribution in [0.1, 0.15) is 47.9 Å². The Bertz CT molecular complexity index is 634. The summed E-state index contributed by atoms with van der Waals surface area (Å²) in [4.78, 5) is 16.7. The molecule has 2 aromatic rings. The summed E-state index contributed by atoms with van der Waals surface area (Å²) in [6.07, 6.45) is 0.885. The van der Waals surface area contributed by atoms with Gasteiger partial charge in [-0.1, -0.05) is 19.0 Å². The van der Waals surface area contributed by atoms with E-state index < -0.39 is 0 Å². The number of aryl methyl sites for hydroxylation is 1. The lowest BCUT2D eigenvalue weighted by Crippen LogP contribution is -2.27. The highest BCUT2D eigenvalue weighted by Gasteiger charge is 2.21. The Balaban J connectivity index is 2.32. The van der Waals surface area contributed by atoms with Crippen LogP contribution in [0.2, 0.25) is 0 Å². The van der Waals surface area contributed by atoms with Gasteiger partial charge in [-0.2, -0.15) is 0 Å². The molecule has 0 fully saturated rings. The zero-order valence-electron chi connectivity index (χ0n) is 13.0. The average molecular weight is 290 g/mol. The van der Waals surface area contributed by atoms with E-state index in [1.165, 1.54) is 0 Å². The van der Waals surface area contributed by atoms with Gasteiger partial charge in [-0.25, -0.2) is 4.98 Å². The van der Waals surface area contributed by atoms with Crippen molar-refractivity contribution < 1.29 is 9.32 Å². The summed E-state index contributed by atoms with van der Waals surface area (Å²) in [5.74, 6) is 0.0679. The highest BCUT2D eigenvalue weighted by molar-refractivity contribution is 6.06. The minimum atomic E-state index is -0.105. The molecule has 0 aliphatic carbocycles. The van der Waals surface area contributed by atoms with Crippen LogP contribution in [-0.2, 0) is 0 Å². The molecular weight excluding hydrogens is 268 g/mol. The smallest absolute Gasteiger partial charge is 0.259 e. The van der Waals surface area contributed by atoms with Gasteiger partial charge < -0.3 is 15.2 Å². The molecule has 0 saturated heterocycles. The maximum absolute atomic E-state index is 12.4. The lowest BCUT2D eigenvalue weighted by atomic mass is 10.0. The summed E-state index contributed by atoms with van der Waals surface area (Å²) in [5.41, 5.74) is 2.54. The first kappa shape index (κ1) is 15.4. The molecular formula is C15H22N4O2. The Kier molecular flexibility index (Phi) is 4.90. The summed E-state index contributed by atoms with van der Waals surface area (Å²) >= 11 is 0. The number of carbonyl (C=O) groups excluding carboxylic acids is 1. The monoisotopic (exact) mass is 290 g/mol. The first-order valence-electron chi connectivity index (χ1n) is 7.24. The van der Waals surface area contributed by atoms with Crippen molar-refractivity contribution in [1.29, 1.82) is 0 Å². The minimum Gasteiger partial charge on any atom is -0.352 e. The second kappa shape index (κ2) is 6.67. The van der Waals surface area contributed by atoms with E-state index in [1.54, 1.807) is 6.07 Å². The van der Waals surface area contributed by atoms with Gasteiger partial charge in [0.25, 0.3) is 11.6 Å². The van der Waals surface area contributed by atoms with Gasteiger partial charge >= 0.3 is 0 Å². The number of aromatic nitrogens is 2. The van der Waals surface area contributed by atoms with Gasteiger partial charge in [0, 0.05) is 12.2 Å². The summed E-state index contributed by atoms with van der Waals surface area (Å²) in [5, 5.41) is 10.8. The number of nitrogens with one attached hydrogen (secondary N) is 2. The van der Waals surface area contributed by atoms with E-state index in [0.29, 0.717) is 17.8 Å². The van der Waals surface area contributed by atoms with Crippen molar-refractivity contribution in [3.05, 3.63) is 23.0 Å². The average Bonchev–Trinajstić information content (AvgIpc) is 2.86. The number of hydrogen-bond acceptors (Lipinski definition) is 5. The number of rotatable bonds is 6. The number of nitrogens with zero attached hydrogens (tertiary/aromatic N) is 2. The number of hydrogen-bond donors (Lipinski definition) is 2. The largest absolute Gasteiger partial charge is 0.352 e. The van der Waals surface area contributed by atoms with Gasteiger partial charge in [-0.15, -0.1) is 0 Å². The number of carbonyl (C=O) groups is 1. The third-order valence-corrected chi connectivity index (χ3v) is 3.28. The third-order valence-electron chi connectivity index (χ3n) is 3.28. The van der Waals surface area contributed by atoms with Crippen LogP contribution in [-0.4, -0.2) is 36.2 Å². The van der Waals surface area contributed by atoms with Crippen LogP contribution in [0.25, 0.3) is 11.1 Å². The molecule has 114 valence electrons. The van der Waals surface area contributed by atoms with Gasteiger partial charge in [0.2, 0.25) is 0 Å². The minimum absolute atomic E-state index is 0.105. The predicted octanol–water partition coefficient (Wildman–Crippen LogP) is 1.99. The molecule has 6 heteroatoms. The first-order chi connectivity index (χ1) is 10.0. The fraction of sp³-hybridized carbons (Fsp3) is 0.533. The molecule has 0 unspecified atom stereocenters. The Morgan fingerprint density at radius 3 is 2.81 bits per heavy atom. The fourth-order valence-electron chi connectivity index (χ4n) is 2.23. The van der Waals surface area contributed by atoms with Crippen LogP contribution in [0.15, 0.2) is 10.6 Å². The normalized spacial score (nSPS) is 11.3. The second-order valence-electron chi connectivity index (χ2n) is 5.43. The molecule has 0 radical (unpaired) electrons. The lowest BCUT2D eigenvalue weighted by Gasteiger charge is -2.08. The van der Waals surface area contributed by atoms with Gasteiger partial charge in [0.05, 0.1) is 16.6 Å². The van der Waals surface area contributed by atoms with E-state index >= 15 is 0 Å². The maximum atomic E-state index is 12.4. The number of amides is 1. The summed E-state index contributed by atoms with van der Waals surface area (Å²) < 4.78 is 5.27. The van der Waals surface area contributed by atoms with E-state index in [2.05, 4.69) is 20.8 Å². The van der Waals surface area contributed by atoms with E-state index in [1.807, 2.05) is 27.8 Å². The van der Waals surface area contributed by atoms with Crippen LogP contribution in [0.3, 0.4) is 0 Å². The van der Waals surface area contributed by atoms with Gasteiger partial charge in [-0.05, 0) is 38.9 Å². The molecule has 21 heavy (non-hydrogen) atoms. The van der Waals surface area contributed by atoms with Crippen molar-refractivity contribution in [1.82, 2.24) is 20.8 Å². The van der Waals surface area contributed by atoms with Crippen LogP contribution in [0.5, 0.6) is 0 Å². The van der Waals surface area contributed by atoms with Crippen molar-refractivity contribution in [2.24, 2.45) is 0 Å². The van der Waals surface area contributed by atoms with Crippen molar-refractivity contribution >= 4 is 17.0 Å². The summed E-state index contributed by atoms with van der Waals surface area (Å²) in [6.45, 7) is 7.38. The highest BCUT2D eigenvalue weighted by Crippen LogP contribution is 2.27. The zero-order chi connectivity index (χ0) is 15.4. The Morgan fingerprint density at radius 1 is 1.38 bits per heavy atom. The van der Waals surface area contributed by atoms with E-state index in [0.717, 1.165) is 29.7 Å². The summed E-state index contributed by atoms with van der Waals surface area (Å²) in [6, 6.07) is 1.79. The molecule has 0 atom stereocenters. The van der Waals surface area contributed by atoms with Crippen LogP contribution in [0, 0.1) is 6.92 Å². The molecule has 2 aromatic heterocycles. The molecule has 0 spiro atoms. The predicted molar refractivity (Wildman–Crippen MR) is 81.5 cm³/mol. The lowest BCUT2D eigenvalue weighted by molar-refractivity contribution is 0.0954. The Labute approximate surface area is 124 Å². The van der Waals surface area contributed by atoms with E-state index in [9.17, 15) is 4.79 Å². The van der Waals surface area contributed by atoms with Crippen LogP contribution in [0.4, 0.5) is 0 Å². The molecule has 6 nitrogen and oxygen atoms in total. The summed E-state index contributed by atoms with van der Waals surface area (Å²) in [7, 11) is 1.89. The van der Waals surface area contributed by atoms with Crippen LogP contribution < -0.4 is 10.6 Å². The zero-order valence-corrected chi connectivity index (χ0v) is 13.0. The molecule has 0 aliphatic rings. The van der Waals surface area contributed by atoms with Crippen molar-refractivity contribution in [2.75, 3.05) is 20.1 Å². The van der Waals surface area contributed by atoms with Crippen molar-refractivity contribution in [3.8, 4) is 0 Å². The topological polar surface area (TPSA) is 80.0 Å². The number of pyridine rings is 1. The van der Waals surface area contributed by atoms with Crippen molar-refractivity contribution in [2.45, 2.75) is 33.1 Å². The van der Waals surface area contributed by atoms with E-state index in [4.69, 9.17) is 4.52 Å². The van der Waals surface area contributed by atoms with Gasteiger partial charge in [0.1, 0.15) is 0 Å². The second-order valence-corrected chi connectivity index (χ2v) is 5.43. The SMILES string of the molecule is CNCCCNC(=O)c1cc(C)nc2onc(C(C)C)c12. The third kappa shape index (κ3) is 3.39. The van der Waals surface area contributed by atoms with Crippen molar-refractivity contribution in [3.63, 3.8) is 0 Å². The molecule has 0 bridgehead atoms. The highest BCUT2D eigenvalue weighted by atomic mass is 16.5. The Hall–Kier alpha value is -1.95. The van der Waals surface area contributed by atoms with E-state index in [-0.39, 0.29) is 11.8 Å². The molecule has 2 heterocycles. The molecule has 0 aliphatic heterocycles. The first-order valence-corrected chi connectivity index (χ1v) is 7.24. The molecule has 1 amide bonds. The standard InChI is InChI=1S/C15H22N4O2/c1-9(2)13-12-11(14(20)17-7-5-6-16-4)8-10(3)18-15(12)21-19-13/h8-9,16H,5-7H2,1-4H3,(H,17,20). The molecule has 2 rings (SSSR count). The molecule has 0 aromatic carbocycles. The molecule has 2 N–H and O–H groups in total. The Morgan fingerprint density at radius 2 is 2.14 bits per heavy atom. The fourth-order valence-corrected chi connectivity index (χ4v) is 2.23. The van der Waals surface area contributed by atoms with Crippen LogP contribution >= 0.6 is 0 Å². The quantitative estimate of drug-likeness (QED) is 0.795. The maximum Gasteiger partial charge on any atom is 0.259 e. The van der Waals surface area contributed by atoms with Gasteiger partial charge in [-0.3, -0.25) is 4.79 Å². The van der Waals surface area contributed by atoms with Gasteiger partial charge in [0.15, 0.2) is 0 Å².